The number of carbonyl (C=O) groups excluding carboxylic acids is 2. The maximum atomic E-state index is 12.6. The van der Waals surface area contributed by atoms with Crippen LogP contribution in [0.3, 0.4) is 0 Å². The number of ether oxygens (including phenoxy) is 1. The fourth-order valence-electron chi connectivity index (χ4n) is 2.07. The van der Waals surface area contributed by atoms with Crippen molar-refractivity contribution in [1.29, 1.82) is 0 Å². The van der Waals surface area contributed by atoms with Crippen LogP contribution in [0.15, 0.2) is 30.3 Å². The minimum Gasteiger partial charge on any atom is -0.444 e. The SMILES string of the molecule is CC(C)(C)OC(=O)N[C@@H](CCC[NH+]=C(N)N)C(=O)SCc1ccccc1. The zero-order chi connectivity index (χ0) is 19.6. The van der Waals surface area contributed by atoms with Crippen LogP contribution >= 0.6 is 11.8 Å². The molecule has 1 amide bonds. The number of amides is 1. The van der Waals surface area contributed by atoms with Crippen LogP contribution < -0.4 is 21.8 Å². The second kappa shape index (κ2) is 10.7. The summed E-state index contributed by atoms with van der Waals surface area (Å²) in [4.78, 5) is 27.4. The molecule has 1 rings (SSSR count). The van der Waals surface area contributed by atoms with Crippen LogP contribution in [0.2, 0.25) is 0 Å². The summed E-state index contributed by atoms with van der Waals surface area (Å²) in [6.45, 7) is 5.84. The molecule has 0 spiro atoms. The van der Waals surface area contributed by atoms with Crippen LogP contribution in [0.1, 0.15) is 39.2 Å². The van der Waals surface area contributed by atoms with E-state index in [-0.39, 0.29) is 11.1 Å². The first-order valence-electron chi connectivity index (χ1n) is 8.49. The van der Waals surface area contributed by atoms with Gasteiger partial charge in [0.05, 0.1) is 6.54 Å². The van der Waals surface area contributed by atoms with Gasteiger partial charge in [0, 0.05) is 5.75 Å². The van der Waals surface area contributed by atoms with Crippen molar-refractivity contribution in [3.8, 4) is 0 Å². The molecule has 1 aromatic carbocycles. The van der Waals surface area contributed by atoms with E-state index in [1.165, 1.54) is 11.8 Å². The molecule has 7 nitrogen and oxygen atoms in total. The van der Waals surface area contributed by atoms with E-state index in [0.29, 0.717) is 25.1 Å². The quantitative estimate of drug-likeness (QED) is 0.295. The Morgan fingerprint density at radius 2 is 1.88 bits per heavy atom. The van der Waals surface area contributed by atoms with Crippen LogP contribution in [-0.4, -0.2) is 35.4 Å². The fourth-order valence-corrected chi connectivity index (χ4v) is 2.95. The van der Waals surface area contributed by atoms with Gasteiger partial charge in [-0.2, -0.15) is 0 Å². The smallest absolute Gasteiger partial charge is 0.408 e. The highest BCUT2D eigenvalue weighted by Gasteiger charge is 2.24. The Balaban J connectivity index is 2.63. The third-order valence-corrected chi connectivity index (χ3v) is 4.24. The van der Waals surface area contributed by atoms with Crippen molar-refractivity contribution >= 4 is 28.9 Å². The Bertz CT molecular complexity index is 611. The van der Waals surface area contributed by atoms with E-state index in [2.05, 4.69) is 10.3 Å². The standard InChI is InChI=1S/C18H28N4O3S/c1-18(2,3)25-17(24)22-14(10-7-11-21-16(19)20)15(23)26-12-13-8-5-4-6-9-13/h4-6,8-9,14H,7,10-12H2,1-3H3,(H,22,24)(H4,19,20,21)/p+1/t14-/m0/s1. The average molecular weight is 382 g/mol. The molecule has 0 aromatic heterocycles. The lowest BCUT2D eigenvalue weighted by Gasteiger charge is -2.22. The van der Waals surface area contributed by atoms with Crippen molar-refractivity contribution in [3.63, 3.8) is 0 Å². The molecule has 0 saturated carbocycles. The Morgan fingerprint density at radius 1 is 1.23 bits per heavy atom. The first-order valence-corrected chi connectivity index (χ1v) is 9.48. The van der Waals surface area contributed by atoms with E-state index < -0.39 is 17.7 Å². The van der Waals surface area contributed by atoms with Crippen molar-refractivity contribution in [3.05, 3.63) is 35.9 Å². The van der Waals surface area contributed by atoms with E-state index in [4.69, 9.17) is 16.2 Å². The topological polar surface area (TPSA) is 121 Å². The third kappa shape index (κ3) is 9.93. The highest BCUT2D eigenvalue weighted by molar-refractivity contribution is 8.13. The van der Waals surface area contributed by atoms with Gasteiger partial charge in [0.1, 0.15) is 11.6 Å². The van der Waals surface area contributed by atoms with Crippen molar-refractivity contribution in [2.45, 2.75) is 51.0 Å². The zero-order valence-electron chi connectivity index (χ0n) is 15.6. The summed E-state index contributed by atoms with van der Waals surface area (Å²) in [5, 5.41) is 2.56. The molecule has 8 heteroatoms. The molecule has 1 aromatic rings. The molecular formula is C18H29N4O3S+. The van der Waals surface area contributed by atoms with E-state index >= 15 is 0 Å². The molecule has 6 N–H and O–H groups in total. The van der Waals surface area contributed by atoms with Crippen LogP contribution in [0.4, 0.5) is 4.79 Å². The molecule has 0 fully saturated rings. The van der Waals surface area contributed by atoms with E-state index in [1.54, 1.807) is 20.8 Å². The molecule has 0 saturated heterocycles. The van der Waals surface area contributed by atoms with Gasteiger partial charge in [0.2, 0.25) is 5.12 Å². The number of carbonyl (C=O) groups is 2. The minimum absolute atomic E-state index is 0.107. The Hall–Kier alpha value is -2.22. The van der Waals surface area contributed by atoms with Crippen LogP contribution in [0.5, 0.6) is 0 Å². The number of hydrogen-bond donors (Lipinski definition) is 4. The Kier molecular flexibility index (Phi) is 8.98. The van der Waals surface area contributed by atoms with Gasteiger partial charge in [0.25, 0.3) is 0 Å². The maximum Gasteiger partial charge on any atom is 0.408 e. The first kappa shape index (κ1) is 21.8. The lowest BCUT2D eigenvalue weighted by atomic mass is 10.2. The number of alkyl carbamates (subject to hydrolysis) is 1. The van der Waals surface area contributed by atoms with Gasteiger partial charge < -0.3 is 10.1 Å². The average Bonchev–Trinajstić information content (AvgIpc) is 2.54. The van der Waals surface area contributed by atoms with E-state index in [0.717, 1.165) is 5.56 Å². The molecular weight excluding hydrogens is 352 g/mol. The minimum atomic E-state index is -0.639. The largest absolute Gasteiger partial charge is 0.444 e. The number of rotatable bonds is 8. The lowest BCUT2D eigenvalue weighted by molar-refractivity contribution is -0.459. The number of thioether (sulfide) groups is 1. The maximum absolute atomic E-state index is 12.6. The number of benzene rings is 1. The van der Waals surface area contributed by atoms with Crippen molar-refractivity contribution in [2.75, 3.05) is 6.54 Å². The normalized spacial score (nSPS) is 12.1. The Morgan fingerprint density at radius 3 is 2.46 bits per heavy atom. The number of nitrogens with two attached hydrogens (primary N) is 2. The molecule has 26 heavy (non-hydrogen) atoms. The van der Waals surface area contributed by atoms with Gasteiger partial charge in [-0.25, -0.2) is 4.79 Å². The number of hydrogen-bond acceptors (Lipinski definition) is 4. The van der Waals surface area contributed by atoms with Crippen LogP contribution in [-0.2, 0) is 15.3 Å². The van der Waals surface area contributed by atoms with Crippen LogP contribution in [0, 0.1) is 0 Å². The first-order chi connectivity index (χ1) is 12.2. The summed E-state index contributed by atoms with van der Waals surface area (Å²) in [6, 6.07) is 9.06. The van der Waals surface area contributed by atoms with Gasteiger partial charge in [-0.05, 0) is 39.2 Å². The van der Waals surface area contributed by atoms with Gasteiger partial charge in [0.15, 0.2) is 0 Å². The summed E-state index contributed by atoms with van der Waals surface area (Å²) in [7, 11) is 0. The third-order valence-electron chi connectivity index (χ3n) is 3.20. The monoisotopic (exact) mass is 381 g/mol. The van der Waals surface area contributed by atoms with E-state index in [9.17, 15) is 9.59 Å². The molecule has 0 aliphatic heterocycles. The zero-order valence-corrected chi connectivity index (χ0v) is 16.4. The molecule has 0 unspecified atom stereocenters. The van der Waals surface area contributed by atoms with E-state index in [1.807, 2.05) is 30.3 Å². The summed E-state index contributed by atoms with van der Waals surface area (Å²) in [6.07, 6.45) is 0.477. The highest BCUT2D eigenvalue weighted by atomic mass is 32.2. The molecule has 0 aliphatic carbocycles. The molecule has 1 atom stereocenters. The summed E-state index contributed by atoms with van der Waals surface area (Å²) < 4.78 is 5.25. The fraction of sp³-hybridized carbons (Fsp3) is 0.500. The second-order valence-corrected chi connectivity index (χ2v) is 7.80. The Labute approximate surface area is 158 Å². The van der Waals surface area contributed by atoms with Crippen molar-refractivity contribution in [1.82, 2.24) is 5.32 Å². The highest BCUT2D eigenvalue weighted by Crippen LogP contribution is 2.17. The number of nitrogens with one attached hydrogen (secondary N) is 2. The molecule has 144 valence electrons. The lowest BCUT2D eigenvalue weighted by Crippen LogP contribution is -2.78. The van der Waals surface area contributed by atoms with Gasteiger partial charge in [-0.15, -0.1) is 0 Å². The predicted molar refractivity (Wildman–Crippen MR) is 104 cm³/mol. The van der Waals surface area contributed by atoms with Gasteiger partial charge in [-0.3, -0.25) is 21.3 Å². The molecule has 0 bridgehead atoms. The van der Waals surface area contributed by atoms with Crippen molar-refractivity contribution < 1.29 is 19.3 Å². The van der Waals surface area contributed by atoms with Crippen LogP contribution in [0.25, 0.3) is 0 Å². The predicted octanol–water partition coefficient (Wildman–Crippen LogP) is 0.474. The molecule has 0 aliphatic rings. The second-order valence-electron chi connectivity index (χ2n) is 6.82. The molecule has 0 heterocycles. The van der Waals surface area contributed by atoms with Gasteiger partial charge >= 0.3 is 12.1 Å². The summed E-state index contributed by atoms with van der Waals surface area (Å²) in [5.41, 5.74) is 11.1. The summed E-state index contributed by atoms with van der Waals surface area (Å²) >= 11 is 1.18. The van der Waals surface area contributed by atoms with Crippen molar-refractivity contribution in [2.24, 2.45) is 11.5 Å². The van der Waals surface area contributed by atoms with Gasteiger partial charge in [-0.1, -0.05) is 42.1 Å². The summed E-state index contributed by atoms with van der Waals surface area (Å²) in [5.74, 6) is 0.681. The number of guanidine groups is 1. The molecule has 0 radical (unpaired) electrons.